The molecule has 0 saturated carbocycles. The number of aryl methyl sites for hydroxylation is 1. The third-order valence-electron chi connectivity index (χ3n) is 6.83. The lowest BCUT2D eigenvalue weighted by molar-refractivity contribution is -0.135. The van der Waals surface area contributed by atoms with Crippen molar-refractivity contribution in [2.24, 2.45) is 5.92 Å². The number of aromatic nitrogens is 2. The Morgan fingerprint density at radius 1 is 1.08 bits per heavy atom. The Labute approximate surface area is 218 Å². The molecule has 2 aromatic carbocycles. The molecule has 0 atom stereocenters. The van der Waals surface area contributed by atoms with Gasteiger partial charge in [0.2, 0.25) is 0 Å². The molecular weight excluding hydrogens is 488 g/mol. The maximum absolute atomic E-state index is 12.3. The molecule has 8 nitrogen and oxygen atoms in total. The first kappa shape index (κ1) is 24.7. The van der Waals surface area contributed by atoms with Crippen LogP contribution >= 0.6 is 11.3 Å². The molecular formula is C28H28N4O4S. The molecule has 1 fully saturated rings. The minimum absolute atomic E-state index is 0.181. The largest absolute Gasteiger partial charge is 0.504 e. The van der Waals surface area contributed by atoms with Gasteiger partial charge in [0, 0.05) is 40.8 Å². The van der Waals surface area contributed by atoms with Crippen LogP contribution in [-0.2, 0) is 11.2 Å². The van der Waals surface area contributed by atoms with E-state index in [4.69, 9.17) is 5.11 Å². The van der Waals surface area contributed by atoms with Crippen molar-refractivity contribution in [2.75, 3.05) is 24.5 Å². The van der Waals surface area contributed by atoms with Crippen LogP contribution in [0.1, 0.15) is 34.8 Å². The predicted octanol–water partition coefficient (Wildman–Crippen LogP) is 4.65. The number of piperidine rings is 1. The monoisotopic (exact) mass is 516 g/mol. The number of carbonyl (C=O) groups excluding carboxylic acids is 1. The van der Waals surface area contributed by atoms with Gasteiger partial charge in [-0.15, -0.1) is 11.3 Å². The lowest BCUT2D eigenvalue weighted by atomic mass is 9.92. The molecule has 37 heavy (non-hydrogen) atoms. The minimum atomic E-state index is -1.17. The Kier molecular flexibility index (Phi) is 7.05. The number of aliphatic carboxylic acids is 1. The van der Waals surface area contributed by atoms with E-state index in [-0.39, 0.29) is 11.4 Å². The van der Waals surface area contributed by atoms with Gasteiger partial charge in [0.15, 0.2) is 11.4 Å². The van der Waals surface area contributed by atoms with Gasteiger partial charge < -0.3 is 20.4 Å². The number of benzene rings is 2. The Hall–Kier alpha value is -3.98. The Morgan fingerprint density at radius 3 is 2.54 bits per heavy atom. The standard InChI is InChI=1S/C28H28N4O4S/c1-17-27(35)26(28(36)29-15-25(33)34)31-24(30-17)14-18-10-12-32(13-11-18)20-8-6-19(7-9-20)22-16-37-23-5-3-2-4-21(22)23/h2-9,16,18,35H,10-15H2,1H3,(H,29,36)(H,33,34). The molecule has 0 aliphatic carbocycles. The number of thiophene rings is 1. The summed E-state index contributed by atoms with van der Waals surface area (Å²) >= 11 is 1.77. The summed E-state index contributed by atoms with van der Waals surface area (Å²) < 4.78 is 1.30. The first-order valence-corrected chi connectivity index (χ1v) is 13.1. The van der Waals surface area contributed by atoms with Gasteiger partial charge in [-0.2, -0.15) is 0 Å². The van der Waals surface area contributed by atoms with E-state index in [1.807, 2.05) is 0 Å². The number of rotatable bonds is 7. The molecule has 1 saturated heterocycles. The molecule has 4 aromatic rings. The van der Waals surface area contributed by atoms with Crippen molar-refractivity contribution >= 4 is 39.0 Å². The van der Waals surface area contributed by atoms with Crippen molar-refractivity contribution in [3.63, 3.8) is 0 Å². The lowest BCUT2D eigenvalue weighted by Crippen LogP contribution is -2.34. The predicted molar refractivity (Wildman–Crippen MR) is 144 cm³/mol. The van der Waals surface area contributed by atoms with E-state index >= 15 is 0 Å². The summed E-state index contributed by atoms with van der Waals surface area (Å²) in [7, 11) is 0. The van der Waals surface area contributed by atoms with Gasteiger partial charge in [-0.05, 0) is 54.8 Å². The number of aromatic hydroxyl groups is 1. The zero-order valence-corrected chi connectivity index (χ0v) is 21.3. The Morgan fingerprint density at radius 2 is 1.81 bits per heavy atom. The van der Waals surface area contributed by atoms with Crippen LogP contribution < -0.4 is 10.2 Å². The van der Waals surface area contributed by atoms with Gasteiger partial charge in [-0.25, -0.2) is 9.97 Å². The molecule has 2 aromatic heterocycles. The molecule has 9 heteroatoms. The highest BCUT2D eigenvalue weighted by Crippen LogP contribution is 2.35. The van der Waals surface area contributed by atoms with Gasteiger partial charge in [-0.3, -0.25) is 9.59 Å². The SMILES string of the molecule is Cc1nc(CC2CCN(c3ccc(-c4csc5ccccc45)cc3)CC2)nc(C(=O)NCC(=O)O)c1O. The van der Waals surface area contributed by atoms with E-state index in [1.165, 1.54) is 26.9 Å². The lowest BCUT2D eigenvalue weighted by Gasteiger charge is -2.33. The molecule has 0 spiro atoms. The van der Waals surface area contributed by atoms with E-state index in [9.17, 15) is 14.7 Å². The number of nitrogens with zero attached hydrogens (tertiary/aromatic N) is 3. The van der Waals surface area contributed by atoms with Crippen LogP contribution in [0, 0.1) is 12.8 Å². The number of anilines is 1. The fourth-order valence-electron chi connectivity index (χ4n) is 4.82. The van der Waals surface area contributed by atoms with Crippen LogP contribution in [0.2, 0.25) is 0 Å². The maximum Gasteiger partial charge on any atom is 0.322 e. The fourth-order valence-corrected chi connectivity index (χ4v) is 5.79. The Balaban J connectivity index is 1.21. The van der Waals surface area contributed by atoms with Crippen molar-refractivity contribution in [3.8, 4) is 16.9 Å². The summed E-state index contributed by atoms with van der Waals surface area (Å²) in [6.45, 7) is 2.89. The average Bonchev–Trinajstić information content (AvgIpc) is 3.34. The number of carboxylic acid groups (broad SMARTS) is 1. The van der Waals surface area contributed by atoms with Crippen LogP contribution in [0.3, 0.4) is 0 Å². The van der Waals surface area contributed by atoms with Crippen LogP contribution in [0.5, 0.6) is 5.75 Å². The highest BCUT2D eigenvalue weighted by atomic mass is 32.1. The van der Waals surface area contributed by atoms with Crippen molar-refractivity contribution in [1.82, 2.24) is 15.3 Å². The summed E-state index contributed by atoms with van der Waals surface area (Å²) in [4.78, 5) is 34.1. The van der Waals surface area contributed by atoms with Crippen LogP contribution in [0.25, 0.3) is 21.2 Å². The minimum Gasteiger partial charge on any atom is -0.504 e. The summed E-state index contributed by atoms with van der Waals surface area (Å²) in [5.41, 5.74) is 3.82. The number of carbonyl (C=O) groups is 2. The smallest absolute Gasteiger partial charge is 0.322 e. The molecule has 3 N–H and O–H groups in total. The van der Waals surface area contributed by atoms with Crippen LogP contribution in [0.15, 0.2) is 53.9 Å². The highest BCUT2D eigenvalue weighted by molar-refractivity contribution is 7.17. The zero-order valence-electron chi connectivity index (χ0n) is 20.5. The summed E-state index contributed by atoms with van der Waals surface area (Å²) in [6, 6.07) is 17.2. The van der Waals surface area contributed by atoms with E-state index in [0.717, 1.165) is 25.9 Å². The third-order valence-corrected chi connectivity index (χ3v) is 7.79. The molecule has 0 unspecified atom stereocenters. The van der Waals surface area contributed by atoms with E-state index < -0.39 is 18.4 Å². The Bertz CT molecular complexity index is 1440. The number of fused-ring (bicyclic) bond motifs is 1. The molecule has 0 radical (unpaired) electrons. The van der Waals surface area contributed by atoms with Gasteiger partial charge in [0.25, 0.3) is 5.91 Å². The number of hydrogen-bond acceptors (Lipinski definition) is 7. The fraction of sp³-hybridized carbons (Fsp3) is 0.286. The second-order valence-corrected chi connectivity index (χ2v) is 10.2. The molecule has 1 aliphatic heterocycles. The first-order chi connectivity index (χ1) is 17.9. The molecule has 190 valence electrons. The number of nitrogens with one attached hydrogen (secondary N) is 1. The summed E-state index contributed by atoms with van der Waals surface area (Å²) in [5.74, 6) is -1.37. The first-order valence-electron chi connectivity index (χ1n) is 12.3. The number of hydrogen-bond donors (Lipinski definition) is 3. The van der Waals surface area contributed by atoms with E-state index in [0.29, 0.717) is 23.9 Å². The molecule has 1 amide bonds. The normalized spacial score (nSPS) is 14.1. The highest BCUT2D eigenvalue weighted by Gasteiger charge is 2.23. The number of amides is 1. The van der Waals surface area contributed by atoms with Gasteiger partial charge >= 0.3 is 5.97 Å². The third kappa shape index (κ3) is 5.41. The quantitative estimate of drug-likeness (QED) is 0.328. The summed E-state index contributed by atoms with van der Waals surface area (Å²) in [5, 5.41) is 24.8. The average molecular weight is 517 g/mol. The number of carboxylic acids is 1. The van der Waals surface area contributed by atoms with Gasteiger partial charge in [0.05, 0.1) is 5.69 Å². The van der Waals surface area contributed by atoms with Crippen molar-refractivity contribution < 1.29 is 19.8 Å². The molecule has 5 rings (SSSR count). The van der Waals surface area contributed by atoms with E-state index in [2.05, 4.69) is 74.1 Å². The second kappa shape index (κ2) is 10.6. The molecule has 0 bridgehead atoms. The van der Waals surface area contributed by atoms with Gasteiger partial charge in [-0.1, -0.05) is 30.3 Å². The van der Waals surface area contributed by atoms with Crippen molar-refractivity contribution in [3.05, 3.63) is 71.1 Å². The van der Waals surface area contributed by atoms with E-state index in [1.54, 1.807) is 18.3 Å². The van der Waals surface area contributed by atoms with Crippen molar-refractivity contribution in [1.29, 1.82) is 0 Å². The topological polar surface area (TPSA) is 116 Å². The summed E-state index contributed by atoms with van der Waals surface area (Å²) in [6.07, 6.45) is 2.51. The second-order valence-electron chi connectivity index (χ2n) is 9.33. The maximum atomic E-state index is 12.3. The molecule has 1 aliphatic rings. The van der Waals surface area contributed by atoms with Crippen LogP contribution in [-0.4, -0.2) is 51.7 Å². The van der Waals surface area contributed by atoms with Crippen molar-refractivity contribution in [2.45, 2.75) is 26.2 Å². The molecule has 3 heterocycles. The zero-order chi connectivity index (χ0) is 25.9. The van der Waals surface area contributed by atoms with Crippen LogP contribution in [0.4, 0.5) is 5.69 Å². The van der Waals surface area contributed by atoms with Gasteiger partial charge in [0.1, 0.15) is 12.4 Å².